The molecule has 2 fully saturated rings. The maximum Gasteiger partial charge on any atom is 0.256 e. The molecule has 274 valence electrons. The predicted octanol–water partition coefficient (Wildman–Crippen LogP) is 2.00. The normalized spacial score (nSPS) is 23.2. The molecule has 8 N–H and O–H groups in total. The first-order valence-electron chi connectivity index (χ1n) is 16.7. The number of carbonyl (C=O) groups is 3. The van der Waals surface area contributed by atoms with Crippen LogP contribution in [0.25, 0.3) is 0 Å². The number of halogens is 1. The van der Waals surface area contributed by atoms with Crippen molar-refractivity contribution in [2.24, 2.45) is 28.5 Å². The molecule has 0 aromatic heterocycles. The highest BCUT2D eigenvalue weighted by atomic mass is 35.5. The minimum atomic E-state index is -0.873. The molecule has 1 aliphatic heterocycles. The van der Waals surface area contributed by atoms with E-state index in [0.717, 1.165) is 56.5 Å². The molecule has 14 heteroatoms. The van der Waals surface area contributed by atoms with Crippen molar-refractivity contribution in [3.05, 3.63) is 11.8 Å². The molecule has 1 saturated heterocycles. The minimum Gasteiger partial charge on any atom is -0.394 e. The smallest absolute Gasteiger partial charge is 0.256 e. The first-order valence-corrected chi connectivity index (χ1v) is 17.3. The number of unbranched alkanes of at least 4 members (excludes halogenated alkanes) is 2. The van der Waals surface area contributed by atoms with Gasteiger partial charge in [-0.05, 0) is 64.8 Å². The molecule has 0 aromatic rings. The van der Waals surface area contributed by atoms with Crippen molar-refractivity contribution in [1.82, 2.24) is 16.0 Å². The maximum absolute atomic E-state index is 12.5. The average molecular weight is 692 g/mol. The molecule has 47 heavy (non-hydrogen) atoms. The standard InChI is InChI=1S/C18H28N4O6.C8H17Cl.C7H17NO2/c19-17(22-16-5-14(26)15(9-24)28-16)13(7-20-10-25)18(27)21-6-11-1-3-12(8-23)4-2-11;1-8(2)6-4-3-5-7-9;1-7(2,6-9)10-5-4-8-3/h7-8,10-12,14-16,24,26H,1-6,9H2,(H2,19,22)(H,20,25)(H,21,27);8H,3-7H2,1-2H3;8-9H,4-6H2,1-3H3/b13-7+;;. The van der Waals surface area contributed by atoms with Gasteiger partial charge in [-0.2, -0.15) is 0 Å². The van der Waals surface area contributed by atoms with Crippen molar-refractivity contribution in [3.63, 3.8) is 0 Å². The first kappa shape index (κ1) is 44.9. The van der Waals surface area contributed by atoms with Crippen LogP contribution in [-0.4, -0.2) is 110 Å². The molecule has 0 spiro atoms. The number of rotatable bonds is 19. The summed E-state index contributed by atoms with van der Waals surface area (Å²) < 4.78 is 10.7. The van der Waals surface area contributed by atoms with E-state index in [2.05, 4.69) is 34.8 Å². The minimum absolute atomic E-state index is 0.0285. The van der Waals surface area contributed by atoms with E-state index >= 15 is 0 Å². The van der Waals surface area contributed by atoms with Crippen LogP contribution in [0.3, 0.4) is 0 Å². The Labute approximate surface area is 286 Å². The largest absolute Gasteiger partial charge is 0.394 e. The summed E-state index contributed by atoms with van der Waals surface area (Å²) in [6.07, 6.45) is 8.81. The van der Waals surface area contributed by atoms with E-state index < -0.39 is 29.9 Å². The summed E-state index contributed by atoms with van der Waals surface area (Å²) >= 11 is 5.52. The van der Waals surface area contributed by atoms with E-state index in [1.807, 2.05) is 20.9 Å². The lowest BCUT2D eigenvalue weighted by molar-refractivity contribution is -0.117. The number of aliphatic hydroxyl groups is 3. The van der Waals surface area contributed by atoms with Crippen molar-refractivity contribution >= 4 is 36.0 Å². The van der Waals surface area contributed by atoms with Crippen LogP contribution in [0.4, 0.5) is 0 Å². The van der Waals surface area contributed by atoms with E-state index in [1.54, 1.807) is 0 Å². The van der Waals surface area contributed by atoms with Crippen molar-refractivity contribution in [2.75, 3.05) is 45.8 Å². The van der Waals surface area contributed by atoms with E-state index in [4.69, 9.17) is 37.0 Å². The second-order valence-electron chi connectivity index (χ2n) is 12.9. The quantitative estimate of drug-likeness (QED) is 0.0262. The van der Waals surface area contributed by atoms with E-state index in [0.29, 0.717) is 19.6 Å². The molecular weight excluding hydrogens is 630 g/mol. The zero-order valence-electron chi connectivity index (χ0n) is 29.1. The Morgan fingerprint density at radius 3 is 2.34 bits per heavy atom. The number of aldehydes is 1. The Balaban J connectivity index is 0.000000911. The Bertz CT molecular complexity index is 913. The molecule has 2 amide bonds. The van der Waals surface area contributed by atoms with Gasteiger partial charge in [-0.3, -0.25) is 9.59 Å². The number of amides is 2. The Morgan fingerprint density at radius 2 is 1.83 bits per heavy atom. The number of hydrogen-bond acceptors (Lipinski definition) is 10. The lowest BCUT2D eigenvalue weighted by Gasteiger charge is -2.25. The molecule has 2 aliphatic rings. The van der Waals surface area contributed by atoms with Gasteiger partial charge in [0, 0.05) is 37.5 Å². The second kappa shape index (κ2) is 26.8. The van der Waals surface area contributed by atoms with Gasteiger partial charge in [0.05, 0.1) is 37.1 Å². The molecule has 3 atom stereocenters. The highest BCUT2D eigenvalue weighted by Gasteiger charge is 2.33. The summed E-state index contributed by atoms with van der Waals surface area (Å²) in [5, 5.41) is 35.7. The van der Waals surface area contributed by atoms with Gasteiger partial charge in [0.15, 0.2) is 6.23 Å². The highest BCUT2D eigenvalue weighted by molar-refractivity contribution is 6.20. The summed E-state index contributed by atoms with van der Waals surface area (Å²) in [6, 6.07) is 0. The van der Waals surface area contributed by atoms with Crippen molar-refractivity contribution < 1.29 is 39.2 Å². The molecule has 0 bridgehead atoms. The third-order valence-corrected chi connectivity index (χ3v) is 8.03. The number of alkyl halides is 1. The van der Waals surface area contributed by atoms with Crippen molar-refractivity contribution in [3.8, 4) is 0 Å². The van der Waals surface area contributed by atoms with Gasteiger partial charge in [0.2, 0.25) is 6.41 Å². The van der Waals surface area contributed by atoms with Crippen LogP contribution in [-0.2, 0) is 23.9 Å². The van der Waals surface area contributed by atoms with Gasteiger partial charge in [0.1, 0.15) is 18.2 Å². The summed E-state index contributed by atoms with van der Waals surface area (Å²) in [6.45, 7) is 9.87. The number of nitrogens with two attached hydrogens (primary N) is 1. The number of ether oxygens (including phenoxy) is 2. The van der Waals surface area contributed by atoms with Crippen LogP contribution in [0, 0.1) is 17.8 Å². The number of hydrogen-bond donors (Lipinski definition) is 7. The number of carbonyl (C=O) groups excluding carboxylic acids is 3. The third kappa shape index (κ3) is 21.5. The molecule has 1 saturated carbocycles. The average Bonchev–Trinajstić information content (AvgIpc) is 3.41. The number of likely N-dealkylation sites (N-methyl/N-ethyl adjacent to an activating group) is 1. The first-order chi connectivity index (χ1) is 22.4. The van der Waals surface area contributed by atoms with Crippen LogP contribution in [0.2, 0.25) is 0 Å². The maximum atomic E-state index is 12.5. The molecule has 3 unspecified atom stereocenters. The molecule has 1 heterocycles. The van der Waals surface area contributed by atoms with Gasteiger partial charge in [-0.1, -0.05) is 33.1 Å². The van der Waals surface area contributed by atoms with E-state index in [-0.39, 0.29) is 42.9 Å². The Morgan fingerprint density at radius 1 is 1.15 bits per heavy atom. The summed E-state index contributed by atoms with van der Waals surface area (Å²) in [7, 11) is 1.87. The van der Waals surface area contributed by atoms with Crippen molar-refractivity contribution in [1.29, 1.82) is 0 Å². The van der Waals surface area contributed by atoms with E-state index in [1.165, 1.54) is 25.7 Å². The lowest BCUT2D eigenvalue weighted by atomic mass is 9.83. The number of amidine groups is 1. The zero-order valence-corrected chi connectivity index (χ0v) is 29.8. The Kier molecular flexibility index (Phi) is 25.6. The van der Waals surface area contributed by atoms with Crippen LogP contribution in [0.1, 0.15) is 85.5 Å². The summed E-state index contributed by atoms with van der Waals surface area (Å²) in [5.74, 6) is 1.43. The molecule has 0 radical (unpaired) electrons. The molecule has 13 nitrogen and oxygen atoms in total. The topological polar surface area (TPSA) is 205 Å². The fourth-order valence-corrected chi connectivity index (χ4v) is 4.90. The van der Waals surface area contributed by atoms with Crippen LogP contribution >= 0.6 is 11.6 Å². The Hall–Kier alpha value is -2.13. The highest BCUT2D eigenvalue weighted by Crippen LogP contribution is 2.27. The predicted molar refractivity (Wildman–Crippen MR) is 185 cm³/mol. The van der Waals surface area contributed by atoms with Gasteiger partial charge in [-0.15, -0.1) is 11.6 Å². The fourth-order valence-electron chi connectivity index (χ4n) is 4.71. The molecule has 2 rings (SSSR count). The summed E-state index contributed by atoms with van der Waals surface area (Å²) in [5.41, 5.74) is 5.50. The molecule has 0 aromatic carbocycles. The van der Waals surface area contributed by atoms with Gasteiger partial charge in [-0.25, -0.2) is 4.99 Å². The molecule has 1 aliphatic carbocycles. The number of nitrogens with one attached hydrogen (secondary N) is 3. The summed E-state index contributed by atoms with van der Waals surface area (Å²) in [4.78, 5) is 38.0. The fraction of sp³-hybridized carbons (Fsp3) is 0.818. The third-order valence-electron chi connectivity index (χ3n) is 7.76. The zero-order chi connectivity index (χ0) is 35.7. The monoisotopic (exact) mass is 691 g/mol. The van der Waals surface area contributed by atoms with Crippen molar-refractivity contribution in [2.45, 2.75) is 110 Å². The molecular formula is C33H62ClN5O8. The number of nitrogens with zero attached hydrogens (tertiary/aromatic N) is 1. The number of aliphatic imine (C=N–C) groups is 1. The van der Waals surface area contributed by atoms with Crippen LogP contribution < -0.4 is 21.7 Å². The van der Waals surface area contributed by atoms with E-state index in [9.17, 15) is 19.5 Å². The lowest BCUT2D eigenvalue weighted by Crippen LogP contribution is -2.37. The van der Waals surface area contributed by atoms with Gasteiger partial charge in [0.25, 0.3) is 5.91 Å². The van der Waals surface area contributed by atoms with Crippen LogP contribution in [0.15, 0.2) is 16.8 Å². The SMILES string of the molecule is CC(C)CCCCCCl.CNCCOC(C)(C)CO.NC(=N/C1CC(O)C(CO)O1)/C(=C\NC=O)C(=O)NCC1CCC(C=O)CC1. The second-order valence-corrected chi connectivity index (χ2v) is 13.3. The van der Waals surface area contributed by atoms with Gasteiger partial charge < -0.3 is 51.3 Å². The van der Waals surface area contributed by atoms with Gasteiger partial charge >= 0.3 is 0 Å². The number of aliphatic hydroxyl groups excluding tert-OH is 3. The van der Waals surface area contributed by atoms with Crippen LogP contribution in [0.5, 0.6) is 0 Å².